The first-order valence-corrected chi connectivity index (χ1v) is 7.93. The van der Waals surface area contributed by atoms with Crippen LogP contribution >= 0.6 is 0 Å². The van der Waals surface area contributed by atoms with E-state index in [9.17, 15) is 9.18 Å². The molecule has 1 fully saturated rings. The Balaban J connectivity index is 1.77. The Morgan fingerprint density at radius 2 is 2.17 bits per heavy atom. The zero-order chi connectivity index (χ0) is 17.1. The van der Waals surface area contributed by atoms with Crippen LogP contribution in [0.3, 0.4) is 0 Å². The molecule has 126 valence electrons. The van der Waals surface area contributed by atoms with Gasteiger partial charge in [-0.05, 0) is 43.2 Å². The number of benzene rings is 1. The maximum absolute atomic E-state index is 13.4. The highest BCUT2D eigenvalue weighted by Gasteiger charge is 2.29. The zero-order valence-corrected chi connectivity index (χ0v) is 13.5. The number of amides is 1. The highest BCUT2D eigenvalue weighted by atomic mass is 19.1. The SMILES string of the molecule is COc1ccc(F)cc1CNC(=O)c1ccc(CN)nc1C1CC1. The van der Waals surface area contributed by atoms with Crippen LogP contribution in [0.4, 0.5) is 4.39 Å². The summed E-state index contributed by atoms with van der Waals surface area (Å²) in [7, 11) is 1.51. The molecule has 24 heavy (non-hydrogen) atoms. The Kier molecular flexibility index (Phi) is 4.76. The number of halogens is 1. The quantitative estimate of drug-likeness (QED) is 0.853. The molecule has 5 nitrogen and oxygen atoms in total. The summed E-state index contributed by atoms with van der Waals surface area (Å²) in [6.07, 6.45) is 2.08. The van der Waals surface area contributed by atoms with Crippen molar-refractivity contribution >= 4 is 5.91 Å². The van der Waals surface area contributed by atoms with Gasteiger partial charge in [-0.3, -0.25) is 9.78 Å². The second-order valence-corrected chi connectivity index (χ2v) is 5.85. The van der Waals surface area contributed by atoms with Gasteiger partial charge in [0.05, 0.1) is 24.1 Å². The van der Waals surface area contributed by atoms with E-state index in [4.69, 9.17) is 10.5 Å². The Bertz CT molecular complexity index is 760. The van der Waals surface area contributed by atoms with Crippen molar-refractivity contribution in [3.63, 3.8) is 0 Å². The molecule has 0 saturated heterocycles. The maximum atomic E-state index is 13.4. The molecule has 0 atom stereocenters. The largest absolute Gasteiger partial charge is 0.496 e. The molecular formula is C18H20FN3O2. The first-order chi connectivity index (χ1) is 11.6. The minimum absolute atomic E-state index is 0.183. The number of hydrogen-bond donors (Lipinski definition) is 2. The number of pyridine rings is 1. The molecule has 1 saturated carbocycles. The lowest BCUT2D eigenvalue weighted by molar-refractivity contribution is 0.0949. The molecule has 3 N–H and O–H groups in total. The van der Waals surface area contributed by atoms with Crippen molar-refractivity contribution < 1.29 is 13.9 Å². The van der Waals surface area contributed by atoms with E-state index in [1.165, 1.54) is 19.2 Å². The van der Waals surface area contributed by atoms with E-state index in [0.717, 1.165) is 24.2 Å². The van der Waals surface area contributed by atoms with Gasteiger partial charge in [0.15, 0.2) is 0 Å². The second kappa shape index (κ2) is 6.97. The third kappa shape index (κ3) is 3.54. The molecule has 0 aliphatic heterocycles. The number of carbonyl (C=O) groups is 1. The molecule has 1 heterocycles. The first-order valence-electron chi connectivity index (χ1n) is 7.93. The van der Waals surface area contributed by atoms with Crippen LogP contribution in [0.1, 0.15) is 46.1 Å². The minimum Gasteiger partial charge on any atom is -0.496 e. The number of rotatable bonds is 6. The molecular weight excluding hydrogens is 309 g/mol. The molecule has 1 aromatic heterocycles. The molecule has 0 unspecified atom stereocenters. The van der Waals surface area contributed by atoms with Gasteiger partial charge in [-0.15, -0.1) is 0 Å². The van der Waals surface area contributed by atoms with E-state index in [1.54, 1.807) is 18.2 Å². The van der Waals surface area contributed by atoms with E-state index < -0.39 is 0 Å². The van der Waals surface area contributed by atoms with E-state index in [2.05, 4.69) is 10.3 Å². The van der Waals surface area contributed by atoms with Gasteiger partial charge in [0, 0.05) is 24.6 Å². The highest BCUT2D eigenvalue weighted by molar-refractivity contribution is 5.95. The molecule has 0 radical (unpaired) electrons. The second-order valence-electron chi connectivity index (χ2n) is 5.85. The van der Waals surface area contributed by atoms with E-state index in [-0.39, 0.29) is 18.3 Å². The molecule has 0 spiro atoms. The van der Waals surface area contributed by atoms with Crippen LogP contribution in [0.25, 0.3) is 0 Å². The number of methoxy groups -OCH3 is 1. The number of nitrogens with one attached hydrogen (secondary N) is 1. The van der Waals surface area contributed by atoms with Crippen molar-refractivity contribution in [2.75, 3.05) is 7.11 Å². The van der Waals surface area contributed by atoms with E-state index in [1.807, 2.05) is 0 Å². The monoisotopic (exact) mass is 329 g/mol. The molecule has 6 heteroatoms. The van der Waals surface area contributed by atoms with Crippen molar-refractivity contribution in [1.82, 2.24) is 10.3 Å². The van der Waals surface area contributed by atoms with E-state index >= 15 is 0 Å². The fourth-order valence-electron chi connectivity index (χ4n) is 2.65. The fourth-order valence-corrected chi connectivity index (χ4v) is 2.65. The molecule has 0 bridgehead atoms. The van der Waals surface area contributed by atoms with Gasteiger partial charge in [0.2, 0.25) is 0 Å². The Morgan fingerprint density at radius 3 is 2.83 bits per heavy atom. The number of nitrogens with two attached hydrogens (primary N) is 1. The summed E-state index contributed by atoms with van der Waals surface area (Å²) in [5.74, 6) is 0.281. The fraction of sp³-hybridized carbons (Fsp3) is 0.333. The third-order valence-electron chi connectivity index (χ3n) is 4.08. The number of carbonyl (C=O) groups excluding carboxylic acids is 1. The van der Waals surface area contributed by atoms with Crippen LogP contribution in [-0.4, -0.2) is 18.0 Å². The van der Waals surface area contributed by atoms with Crippen LogP contribution in [0.5, 0.6) is 5.75 Å². The highest BCUT2D eigenvalue weighted by Crippen LogP contribution is 2.40. The van der Waals surface area contributed by atoms with Crippen LogP contribution in [0.2, 0.25) is 0 Å². The molecule has 3 rings (SSSR count). The van der Waals surface area contributed by atoms with E-state index in [0.29, 0.717) is 29.3 Å². The summed E-state index contributed by atoms with van der Waals surface area (Å²) < 4.78 is 18.6. The number of nitrogens with zero attached hydrogens (tertiary/aromatic N) is 1. The summed E-state index contributed by atoms with van der Waals surface area (Å²) >= 11 is 0. The smallest absolute Gasteiger partial charge is 0.253 e. The topological polar surface area (TPSA) is 77.2 Å². The molecule has 1 aliphatic rings. The normalized spacial score (nSPS) is 13.6. The van der Waals surface area contributed by atoms with Crippen LogP contribution < -0.4 is 15.8 Å². The summed E-state index contributed by atoms with van der Waals surface area (Å²) in [4.78, 5) is 17.0. The Hall–Kier alpha value is -2.47. The Labute approximate surface area is 140 Å². The summed E-state index contributed by atoms with van der Waals surface area (Å²) in [5.41, 5.74) is 8.37. The van der Waals surface area contributed by atoms with Gasteiger partial charge in [0.25, 0.3) is 5.91 Å². The molecule has 1 aliphatic carbocycles. The van der Waals surface area contributed by atoms with Gasteiger partial charge in [-0.1, -0.05) is 0 Å². The predicted molar refractivity (Wildman–Crippen MR) is 88.2 cm³/mol. The van der Waals surface area contributed by atoms with Crippen molar-refractivity contribution in [2.24, 2.45) is 5.73 Å². The van der Waals surface area contributed by atoms with Crippen molar-refractivity contribution in [2.45, 2.75) is 31.8 Å². The van der Waals surface area contributed by atoms with Gasteiger partial charge in [0.1, 0.15) is 11.6 Å². The lowest BCUT2D eigenvalue weighted by Gasteiger charge is -2.12. The van der Waals surface area contributed by atoms with Crippen molar-refractivity contribution in [3.8, 4) is 5.75 Å². The average Bonchev–Trinajstić information content (AvgIpc) is 3.44. The number of hydrogen-bond acceptors (Lipinski definition) is 4. The van der Waals surface area contributed by atoms with Crippen molar-refractivity contribution in [3.05, 3.63) is 58.7 Å². The Morgan fingerprint density at radius 1 is 1.38 bits per heavy atom. The number of aromatic nitrogens is 1. The molecule has 2 aromatic rings. The van der Waals surface area contributed by atoms with Gasteiger partial charge in [-0.25, -0.2) is 4.39 Å². The first kappa shape index (κ1) is 16.4. The summed E-state index contributed by atoms with van der Waals surface area (Å²) in [5, 5.41) is 2.82. The van der Waals surface area contributed by atoms with Gasteiger partial charge in [-0.2, -0.15) is 0 Å². The van der Waals surface area contributed by atoms with Crippen molar-refractivity contribution in [1.29, 1.82) is 0 Å². The average molecular weight is 329 g/mol. The minimum atomic E-state index is -0.368. The standard InChI is InChI=1S/C18H20FN3O2/c1-24-16-7-4-13(19)8-12(16)10-21-18(23)15-6-5-14(9-20)22-17(15)11-2-3-11/h4-8,11H,2-3,9-10,20H2,1H3,(H,21,23). The maximum Gasteiger partial charge on any atom is 0.253 e. The van der Waals surface area contributed by atoms with Crippen LogP contribution in [-0.2, 0) is 13.1 Å². The predicted octanol–water partition coefficient (Wildman–Crippen LogP) is 2.50. The molecule has 1 aromatic carbocycles. The zero-order valence-electron chi connectivity index (χ0n) is 13.5. The van der Waals surface area contributed by atoms with Gasteiger partial charge < -0.3 is 15.8 Å². The summed E-state index contributed by atoms with van der Waals surface area (Å²) in [6.45, 7) is 0.532. The molecule has 1 amide bonds. The third-order valence-corrected chi connectivity index (χ3v) is 4.08. The van der Waals surface area contributed by atoms with Crippen LogP contribution in [0, 0.1) is 5.82 Å². The van der Waals surface area contributed by atoms with Gasteiger partial charge >= 0.3 is 0 Å². The van der Waals surface area contributed by atoms with Crippen LogP contribution in [0.15, 0.2) is 30.3 Å². The number of ether oxygens (including phenoxy) is 1. The lowest BCUT2D eigenvalue weighted by Crippen LogP contribution is -2.25. The lowest BCUT2D eigenvalue weighted by atomic mass is 10.1. The summed E-state index contributed by atoms with van der Waals surface area (Å²) in [6, 6.07) is 7.76.